The number of amides is 1. The van der Waals surface area contributed by atoms with Gasteiger partial charge in [0.1, 0.15) is 5.75 Å². The van der Waals surface area contributed by atoms with Crippen molar-refractivity contribution in [3.8, 4) is 5.75 Å². The van der Waals surface area contributed by atoms with E-state index in [1.807, 2.05) is 19.1 Å². The van der Waals surface area contributed by atoms with Gasteiger partial charge in [-0.05, 0) is 44.0 Å². The lowest BCUT2D eigenvalue weighted by Gasteiger charge is -2.14. The summed E-state index contributed by atoms with van der Waals surface area (Å²) >= 11 is 0. The highest BCUT2D eigenvalue weighted by molar-refractivity contribution is 5.94. The molecular formula is C14H21NO2. The molecule has 0 aliphatic heterocycles. The van der Waals surface area contributed by atoms with E-state index >= 15 is 0 Å². The number of hydrogen-bond donors (Lipinski definition) is 1. The molecule has 0 aliphatic rings. The Balaban J connectivity index is 2.63. The van der Waals surface area contributed by atoms with Crippen molar-refractivity contribution in [1.29, 1.82) is 0 Å². The highest BCUT2D eigenvalue weighted by atomic mass is 16.5. The van der Waals surface area contributed by atoms with Crippen LogP contribution in [0.15, 0.2) is 24.3 Å². The zero-order valence-corrected chi connectivity index (χ0v) is 10.8. The largest absolute Gasteiger partial charge is 0.494 e. The van der Waals surface area contributed by atoms with Gasteiger partial charge in [-0.3, -0.25) is 4.79 Å². The molecule has 0 aromatic heterocycles. The summed E-state index contributed by atoms with van der Waals surface area (Å²) in [5.41, 5.74) is 0.681. The molecule has 1 aromatic rings. The van der Waals surface area contributed by atoms with Gasteiger partial charge in [-0.2, -0.15) is 0 Å². The maximum atomic E-state index is 11.9. The van der Waals surface area contributed by atoms with Crippen LogP contribution in [0.5, 0.6) is 5.75 Å². The molecular weight excluding hydrogens is 214 g/mol. The maximum Gasteiger partial charge on any atom is 0.251 e. The predicted molar refractivity (Wildman–Crippen MR) is 69.4 cm³/mol. The Morgan fingerprint density at radius 3 is 2.24 bits per heavy atom. The van der Waals surface area contributed by atoms with Crippen molar-refractivity contribution in [3.05, 3.63) is 29.8 Å². The summed E-state index contributed by atoms with van der Waals surface area (Å²) in [5, 5.41) is 3.00. The average Bonchev–Trinajstić information content (AvgIpc) is 2.37. The first-order valence-corrected chi connectivity index (χ1v) is 6.24. The van der Waals surface area contributed by atoms with Gasteiger partial charge in [0.25, 0.3) is 5.91 Å². The predicted octanol–water partition coefficient (Wildman–Crippen LogP) is 3.00. The summed E-state index contributed by atoms with van der Waals surface area (Å²) in [7, 11) is 0. The van der Waals surface area contributed by atoms with Gasteiger partial charge < -0.3 is 10.1 Å². The fourth-order valence-electron chi connectivity index (χ4n) is 1.63. The zero-order chi connectivity index (χ0) is 12.7. The summed E-state index contributed by atoms with van der Waals surface area (Å²) in [4.78, 5) is 11.9. The van der Waals surface area contributed by atoms with E-state index in [9.17, 15) is 4.79 Å². The molecule has 17 heavy (non-hydrogen) atoms. The lowest BCUT2D eigenvalue weighted by Crippen LogP contribution is -2.33. The van der Waals surface area contributed by atoms with E-state index in [2.05, 4.69) is 19.2 Å². The van der Waals surface area contributed by atoms with Crippen molar-refractivity contribution in [3.63, 3.8) is 0 Å². The first kappa shape index (κ1) is 13.6. The lowest BCUT2D eigenvalue weighted by atomic mass is 10.1. The number of benzene rings is 1. The third-order valence-electron chi connectivity index (χ3n) is 2.75. The molecule has 94 valence electrons. The molecule has 3 nitrogen and oxygen atoms in total. The fourth-order valence-corrected chi connectivity index (χ4v) is 1.63. The van der Waals surface area contributed by atoms with Crippen LogP contribution in [0.2, 0.25) is 0 Å². The van der Waals surface area contributed by atoms with Crippen molar-refractivity contribution in [2.45, 2.75) is 39.7 Å². The summed E-state index contributed by atoms with van der Waals surface area (Å²) in [6.45, 7) is 6.73. The van der Waals surface area contributed by atoms with Crippen LogP contribution in [0.3, 0.4) is 0 Å². The van der Waals surface area contributed by atoms with Crippen LogP contribution in [-0.4, -0.2) is 18.6 Å². The van der Waals surface area contributed by atoms with Crippen molar-refractivity contribution in [2.24, 2.45) is 0 Å². The number of rotatable bonds is 6. The minimum Gasteiger partial charge on any atom is -0.494 e. The van der Waals surface area contributed by atoms with Gasteiger partial charge in [-0.1, -0.05) is 13.8 Å². The maximum absolute atomic E-state index is 11.9. The molecule has 3 heteroatoms. The van der Waals surface area contributed by atoms with Crippen molar-refractivity contribution < 1.29 is 9.53 Å². The highest BCUT2D eigenvalue weighted by Crippen LogP contribution is 2.12. The van der Waals surface area contributed by atoms with E-state index in [1.165, 1.54) is 0 Å². The van der Waals surface area contributed by atoms with Crippen LogP contribution in [0.25, 0.3) is 0 Å². The van der Waals surface area contributed by atoms with Gasteiger partial charge in [-0.15, -0.1) is 0 Å². The van der Waals surface area contributed by atoms with Crippen molar-refractivity contribution in [1.82, 2.24) is 5.32 Å². The van der Waals surface area contributed by atoms with E-state index in [4.69, 9.17) is 4.74 Å². The van der Waals surface area contributed by atoms with Crippen LogP contribution in [-0.2, 0) is 0 Å². The van der Waals surface area contributed by atoms with Crippen LogP contribution >= 0.6 is 0 Å². The van der Waals surface area contributed by atoms with Gasteiger partial charge in [0.2, 0.25) is 0 Å². The van der Waals surface area contributed by atoms with E-state index < -0.39 is 0 Å². The first-order valence-electron chi connectivity index (χ1n) is 6.24. The number of carbonyl (C=O) groups is 1. The molecule has 0 saturated carbocycles. The molecule has 1 aromatic carbocycles. The average molecular weight is 235 g/mol. The summed E-state index contributed by atoms with van der Waals surface area (Å²) in [5.74, 6) is 0.785. The van der Waals surface area contributed by atoms with Gasteiger partial charge in [0.05, 0.1) is 6.61 Å². The molecule has 0 fully saturated rings. The molecule has 0 aliphatic carbocycles. The van der Waals surface area contributed by atoms with E-state index in [0.717, 1.165) is 18.6 Å². The van der Waals surface area contributed by atoms with Crippen LogP contribution < -0.4 is 10.1 Å². The minimum absolute atomic E-state index is 0.0123. The van der Waals surface area contributed by atoms with Gasteiger partial charge in [-0.25, -0.2) is 0 Å². The molecule has 0 heterocycles. The van der Waals surface area contributed by atoms with Crippen molar-refractivity contribution >= 4 is 5.91 Å². The highest BCUT2D eigenvalue weighted by Gasteiger charge is 2.10. The molecule has 0 saturated heterocycles. The Labute approximate surface area is 103 Å². The molecule has 0 unspecified atom stereocenters. The van der Waals surface area contributed by atoms with Gasteiger partial charge in [0, 0.05) is 11.6 Å². The molecule has 1 amide bonds. The Kier molecular flexibility index (Phi) is 5.53. The Bertz CT molecular complexity index is 342. The topological polar surface area (TPSA) is 38.3 Å². The Hall–Kier alpha value is -1.51. The first-order chi connectivity index (χ1) is 8.21. The third-order valence-corrected chi connectivity index (χ3v) is 2.75. The summed E-state index contributed by atoms with van der Waals surface area (Å²) < 4.78 is 5.33. The van der Waals surface area contributed by atoms with E-state index in [-0.39, 0.29) is 11.9 Å². The van der Waals surface area contributed by atoms with Crippen molar-refractivity contribution in [2.75, 3.05) is 6.61 Å². The number of nitrogens with one attached hydrogen (secondary N) is 1. The summed E-state index contributed by atoms with van der Waals surface area (Å²) in [6, 6.07) is 7.50. The summed E-state index contributed by atoms with van der Waals surface area (Å²) in [6.07, 6.45) is 1.92. The second kappa shape index (κ2) is 6.94. The van der Waals surface area contributed by atoms with Crippen LogP contribution in [0.4, 0.5) is 0 Å². The van der Waals surface area contributed by atoms with E-state index in [0.29, 0.717) is 12.2 Å². The van der Waals surface area contributed by atoms with E-state index in [1.54, 1.807) is 12.1 Å². The molecule has 0 bridgehead atoms. The fraction of sp³-hybridized carbons (Fsp3) is 0.500. The Morgan fingerprint density at radius 1 is 1.18 bits per heavy atom. The lowest BCUT2D eigenvalue weighted by molar-refractivity contribution is 0.0935. The molecule has 0 atom stereocenters. The molecule has 0 spiro atoms. The zero-order valence-electron chi connectivity index (χ0n) is 10.8. The standard InChI is InChI=1S/C14H21NO2/c1-4-12(5-2)15-14(16)11-7-9-13(10-8-11)17-6-3/h7-10,12H,4-6H2,1-3H3,(H,15,16). The smallest absolute Gasteiger partial charge is 0.251 e. The van der Waals surface area contributed by atoms with Gasteiger partial charge >= 0.3 is 0 Å². The number of ether oxygens (including phenoxy) is 1. The number of carbonyl (C=O) groups excluding carboxylic acids is 1. The molecule has 1 N–H and O–H groups in total. The second-order valence-electron chi connectivity index (χ2n) is 3.94. The monoisotopic (exact) mass is 235 g/mol. The molecule has 0 radical (unpaired) electrons. The molecule has 1 rings (SSSR count). The van der Waals surface area contributed by atoms with Crippen LogP contribution in [0.1, 0.15) is 44.0 Å². The minimum atomic E-state index is -0.0123. The second-order valence-corrected chi connectivity index (χ2v) is 3.94. The Morgan fingerprint density at radius 2 is 1.76 bits per heavy atom. The number of hydrogen-bond acceptors (Lipinski definition) is 2. The van der Waals surface area contributed by atoms with Crippen LogP contribution in [0, 0.1) is 0 Å². The SMILES string of the molecule is CCOc1ccc(C(=O)NC(CC)CC)cc1. The van der Waals surface area contributed by atoms with Gasteiger partial charge in [0.15, 0.2) is 0 Å². The normalized spacial score (nSPS) is 10.4. The quantitative estimate of drug-likeness (QED) is 0.823. The third kappa shape index (κ3) is 4.10.